The highest BCUT2D eigenvalue weighted by molar-refractivity contribution is 7.93. The zero-order chi connectivity index (χ0) is 18.9. The monoisotopic (exact) mass is 374 g/mol. The number of aromatic nitrogens is 1. The molecular formula is C19H26N4O2S. The summed E-state index contributed by atoms with van der Waals surface area (Å²) >= 11 is 0. The van der Waals surface area contributed by atoms with Crippen LogP contribution >= 0.6 is 0 Å². The fraction of sp³-hybridized carbons (Fsp3) is 0.421. The second-order valence-corrected chi connectivity index (χ2v) is 9.10. The van der Waals surface area contributed by atoms with E-state index in [1.807, 2.05) is 58.0 Å². The first-order chi connectivity index (χ1) is 12.3. The number of hydrogen-bond acceptors (Lipinski definition) is 5. The lowest BCUT2D eigenvalue weighted by molar-refractivity contribution is 0.553. The van der Waals surface area contributed by atoms with Crippen LogP contribution in [0.15, 0.2) is 42.7 Å². The normalized spacial score (nSPS) is 23.2. The maximum atomic E-state index is 13.6. The third-order valence-electron chi connectivity index (χ3n) is 4.72. The van der Waals surface area contributed by atoms with Crippen LogP contribution in [0, 0.1) is 13.8 Å². The Morgan fingerprint density at radius 2 is 1.69 bits per heavy atom. The highest BCUT2D eigenvalue weighted by Gasteiger charge is 2.43. The van der Waals surface area contributed by atoms with Crippen molar-refractivity contribution < 1.29 is 8.42 Å². The molecule has 1 aliphatic heterocycles. The lowest BCUT2D eigenvalue weighted by Crippen LogP contribution is -2.47. The Labute approximate surface area is 155 Å². The minimum absolute atomic E-state index is 0.183. The molecule has 6 nitrogen and oxygen atoms in total. The summed E-state index contributed by atoms with van der Waals surface area (Å²) in [4.78, 5) is 4.13. The van der Waals surface area contributed by atoms with Gasteiger partial charge in [-0.15, -0.1) is 0 Å². The SMILES string of the molecule is Cc1cc(C)cc(N(Cc2cccnc2)S(=O)(=O)C2C(C)NNC2C)c1. The molecule has 2 heterocycles. The highest BCUT2D eigenvalue weighted by Crippen LogP contribution is 2.29. The Morgan fingerprint density at radius 1 is 1.08 bits per heavy atom. The summed E-state index contributed by atoms with van der Waals surface area (Å²) < 4.78 is 28.7. The third-order valence-corrected chi connectivity index (χ3v) is 7.18. The topological polar surface area (TPSA) is 74.3 Å². The van der Waals surface area contributed by atoms with Crippen LogP contribution in [0.1, 0.15) is 30.5 Å². The molecule has 2 aromatic rings. The molecule has 2 unspecified atom stereocenters. The van der Waals surface area contributed by atoms with Gasteiger partial charge in [0, 0.05) is 24.5 Å². The van der Waals surface area contributed by atoms with Crippen molar-refractivity contribution in [2.24, 2.45) is 0 Å². The van der Waals surface area contributed by atoms with Crippen LogP contribution in [0.4, 0.5) is 5.69 Å². The van der Waals surface area contributed by atoms with E-state index in [-0.39, 0.29) is 18.6 Å². The van der Waals surface area contributed by atoms with Gasteiger partial charge in [0.05, 0.1) is 12.2 Å². The first kappa shape index (κ1) is 18.8. The van der Waals surface area contributed by atoms with Crippen LogP contribution < -0.4 is 15.2 Å². The fourth-order valence-electron chi connectivity index (χ4n) is 3.60. The van der Waals surface area contributed by atoms with Gasteiger partial charge in [-0.1, -0.05) is 12.1 Å². The van der Waals surface area contributed by atoms with Crippen molar-refractivity contribution in [1.82, 2.24) is 15.8 Å². The van der Waals surface area contributed by atoms with E-state index in [9.17, 15) is 8.42 Å². The average molecular weight is 375 g/mol. The van der Waals surface area contributed by atoms with Gasteiger partial charge >= 0.3 is 0 Å². The molecule has 0 spiro atoms. The highest BCUT2D eigenvalue weighted by atomic mass is 32.2. The van der Waals surface area contributed by atoms with Crippen molar-refractivity contribution in [2.45, 2.75) is 51.6 Å². The molecule has 7 heteroatoms. The summed E-state index contributed by atoms with van der Waals surface area (Å²) in [6, 6.07) is 9.25. The van der Waals surface area contributed by atoms with Gasteiger partial charge in [-0.3, -0.25) is 20.1 Å². The molecule has 1 fully saturated rings. The summed E-state index contributed by atoms with van der Waals surface area (Å²) in [6.07, 6.45) is 3.40. The van der Waals surface area contributed by atoms with E-state index in [0.717, 1.165) is 16.7 Å². The molecule has 1 aromatic carbocycles. The van der Waals surface area contributed by atoms with Crippen LogP contribution in [0.25, 0.3) is 0 Å². The number of benzene rings is 1. The lowest BCUT2D eigenvalue weighted by Gasteiger charge is -2.30. The molecule has 1 saturated heterocycles. The Balaban J connectivity index is 2.07. The summed E-state index contributed by atoms with van der Waals surface area (Å²) in [6.45, 7) is 8.00. The maximum absolute atomic E-state index is 13.6. The van der Waals surface area contributed by atoms with Crippen molar-refractivity contribution in [2.75, 3.05) is 4.31 Å². The molecule has 140 valence electrons. The van der Waals surface area contributed by atoms with Gasteiger partial charge in [0.2, 0.25) is 10.0 Å². The van der Waals surface area contributed by atoms with E-state index in [1.54, 1.807) is 12.4 Å². The first-order valence-electron chi connectivity index (χ1n) is 8.79. The van der Waals surface area contributed by atoms with Gasteiger partial charge in [0.25, 0.3) is 0 Å². The van der Waals surface area contributed by atoms with Crippen molar-refractivity contribution in [3.8, 4) is 0 Å². The van der Waals surface area contributed by atoms with Crippen LogP contribution in [0.3, 0.4) is 0 Å². The number of nitrogens with zero attached hydrogens (tertiary/aromatic N) is 2. The van der Waals surface area contributed by atoms with Crippen LogP contribution in [-0.4, -0.2) is 30.7 Å². The van der Waals surface area contributed by atoms with Crippen LogP contribution in [0.2, 0.25) is 0 Å². The van der Waals surface area contributed by atoms with Crippen molar-refractivity contribution in [3.63, 3.8) is 0 Å². The minimum atomic E-state index is -3.60. The summed E-state index contributed by atoms with van der Waals surface area (Å²) in [7, 11) is -3.60. The molecule has 0 aliphatic carbocycles. The van der Waals surface area contributed by atoms with Gasteiger partial charge < -0.3 is 0 Å². The number of hydrogen-bond donors (Lipinski definition) is 2. The zero-order valence-electron chi connectivity index (χ0n) is 15.6. The summed E-state index contributed by atoms with van der Waals surface area (Å²) in [5.74, 6) is 0. The fourth-order valence-corrected chi connectivity index (χ4v) is 5.79. The molecule has 3 rings (SSSR count). The average Bonchev–Trinajstić information content (AvgIpc) is 2.92. The van der Waals surface area contributed by atoms with E-state index in [0.29, 0.717) is 5.69 Å². The molecule has 0 bridgehead atoms. The van der Waals surface area contributed by atoms with Gasteiger partial charge in [-0.2, -0.15) is 0 Å². The number of anilines is 1. The molecule has 26 heavy (non-hydrogen) atoms. The van der Waals surface area contributed by atoms with Crippen molar-refractivity contribution in [1.29, 1.82) is 0 Å². The van der Waals surface area contributed by atoms with E-state index in [4.69, 9.17) is 0 Å². The standard InChI is InChI=1S/C19H26N4O2S/c1-13-8-14(2)10-18(9-13)23(12-17-6-5-7-20-11-17)26(24,25)19-15(3)21-22-16(19)4/h5-11,15-16,19,21-22H,12H2,1-4H3. The number of rotatable bonds is 5. The van der Waals surface area contributed by atoms with Crippen LogP contribution in [0.5, 0.6) is 0 Å². The predicted octanol–water partition coefficient (Wildman–Crippen LogP) is 2.29. The van der Waals surface area contributed by atoms with Crippen molar-refractivity contribution in [3.05, 3.63) is 59.4 Å². The quantitative estimate of drug-likeness (QED) is 0.840. The van der Waals surface area contributed by atoms with Gasteiger partial charge in [-0.05, 0) is 62.6 Å². The predicted molar refractivity (Wildman–Crippen MR) is 104 cm³/mol. The third kappa shape index (κ3) is 3.75. The lowest BCUT2D eigenvalue weighted by atomic mass is 10.1. The Hall–Kier alpha value is -1.96. The smallest absolute Gasteiger partial charge is 0.241 e. The molecule has 1 aliphatic rings. The van der Waals surface area contributed by atoms with E-state index in [2.05, 4.69) is 15.8 Å². The minimum Gasteiger partial charge on any atom is -0.265 e. The van der Waals surface area contributed by atoms with Gasteiger partial charge in [0.15, 0.2) is 0 Å². The molecule has 2 N–H and O–H groups in total. The summed E-state index contributed by atoms with van der Waals surface area (Å²) in [5.41, 5.74) is 9.72. The van der Waals surface area contributed by atoms with Gasteiger partial charge in [-0.25, -0.2) is 8.42 Å². The van der Waals surface area contributed by atoms with Gasteiger partial charge in [0.1, 0.15) is 5.25 Å². The molecule has 0 saturated carbocycles. The molecule has 1 aromatic heterocycles. The molecule has 2 atom stereocenters. The molecule has 0 radical (unpaired) electrons. The second-order valence-electron chi connectivity index (χ2n) is 7.09. The number of aryl methyl sites for hydroxylation is 2. The van der Waals surface area contributed by atoms with E-state index < -0.39 is 15.3 Å². The second kappa shape index (κ2) is 7.34. The maximum Gasteiger partial charge on any atom is 0.241 e. The number of hydrazine groups is 1. The Bertz CT molecular complexity index is 840. The number of pyridine rings is 1. The molecule has 0 amide bonds. The van der Waals surface area contributed by atoms with Crippen molar-refractivity contribution >= 4 is 15.7 Å². The van der Waals surface area contributed by atoms with E-state index in [1.165, 1.54) is 4.31 Å². The summed E-state index contributed by atoms with van der Waals surface area (Å²) in [5, 5.41) is -0.556. The zero-order valence-corrected chi connectivity index (χ0v) is 16.4. The Kier molecular flexibility index (Phi) is 5.32. The first-order valence-corrected chi connectivity index (χ1v) is 10.3. The van der Waals surface area contributed by atoms with Crippen LogP contribution in [-0.2, 0) is 16.6 Å². The van der Waals surface area contributed by atoms with E-state index >= 15 is 0 Å². The largest absolute Gasteiger partial charge is 0.265 e. The Morgan fingerprint density at radius 3 is 2.23 bits per heavy atom. The molecular weight excluding hydrogens is 348 g/mol. The number of nitrogens with one attached hydrogen (secondary N) is 2. The number of sulfonamides is 1.